The smallest absolute Gasteiger partial charge is 0.262 e. The summed E-state index contributed by atoms with van der Waals surface area (Å²) in [5.41, 5.74) is 1.83. The van der Waals surface area contributed by atoms with Gasteiger partial charge in [0.25, 0.3) is 10.0 Å². The van der Waals surface area contributed by atoms with E-state index in [9.17, 15) is 8.42 Å². The van der Waals surface area contributed by atoms with Crippen LogP contribution in [0.4, 0.5) is 5.69 Å². The van der Waals surface area contributed by atoms with Crippen LogP contribution in [0.25, 0.3) is 0 Å². The number of nitrogens with zero attached hydrogens (tertiary/aromatic N) is 1. The summed E-state index contributed by atoms with van der Waals surface area (Å²) >= 11 is 0. The SMILES string of the molecule is Cc1ccc(S(=O)(=O)Nc2ccccc2Oc2ccc(C#N)cc2)cc1. The number of hydrogen-bond donors (Lipinski definition) is 1. The highest BCUT2D eigenvalue weighted by Gasteiger charge is 2.16. The van der Waals surface area contributed by atoms with Crippen molar-refractivity contribution >= 4 is 15.7 Å². The van der Waals surface area contributed by atoms with Gasteiger partial charge >= 0.3 is 0 Å². The second kappa shape index (κ2) is 7.30. The molecule has 0 aliphatic heterocycles. The van der Waals surface area contributed by atoms with Crippen LogP contribution in [-0.2, 0) is 10.0 Å². The molecule has 0 unspecified atom stereocenters. The minimum absolute atomic E-state index is 0.177. The predicted molar refractivity (Wildman–Crippen MR) is 99.7 cm³/mol. The number of aryl methyl sites for hydroxylation is 1. The number of benzene rings is 3. The van der Waals surface area contributed by atoms with E-state index in [1.165, 1.54) is 0 Å². The van der Waals surface area contributed by atoms with E-state index in [1.54, 1.807) is 72.8 Å². The summed E-state index contributed by atoms with van der Waals surface area (Å²) in [6.07, 6.45) is 0. The maximum atomic E-state index is 12.6. The molecule has 0 saturated heterocycles. The van der Waals surface area contributed by atoms with E-state index in [2.05, 4.69) is 4.72 Å². The van der Waals surface area contributed by atoms with Gasteiger partial charge in [-0.3, -0.25) is 4.72 Å². The Labute approximate surface area is 152 Å². The summed E-state index contributed by atoms with van der Waals surface area (Å²) in [5, 5.41) is 8.85. The van der Waals surface area contributed by atoms with Crippen LogP contribution in [0.15, 0.2) is 77.7 Å². The monoisotopic (exact) mass is 364 g/mol. The van der Waals surface area contributed by atoms with Crippen LogP contribution in [0.5, 0.6) is 11.5 Å². The van der Waals surface area contributed by atoms with Crippen LogP contribution < -0.4 is 9.46 Å². The van der Waals surface area contributed by atoms with Gasteiger partial charge in [-0.25, -0.2) is 8.42 Å². The number of sulfonamides is 1. The number of para-hydroxylation sites is 2. The first-order valence-corrected chi connectivity index (χ1v) is 9.33. The highest BCUT2D eigenvalue weighted by molar-refractivity contribution is 7.92. The van der Waals surface area contributed by atoms with E-state index in [-0.39, 0.29) is 4.90 Å². The van der Waals surface area contributed by atoms with Gasteiger partial charge in [-0.15, -0.1) is 0 Å². The Kier molecular flexibility index (Phi) is 4.92. The van der Waals surface area contributed by atoms with Gasteiger partial charge in [0.2, 0.25) is 0 Å². The Bertz CT molecular complexity index is 1050. The number of ether oxygens (including phenoxy) is 1. The van der Waals surface area contributed by atoms with Crippen LogP contribution in [0.1, 0.15) is 11.1 Å². The minimum Gasteiger partial charge on any atom is -0.455 e. The van der Waals surface area contributed by atoms with E-state index in [4.69, 9.17) is 10.00 Å². The van der Waals surface area contributed by atoms with Crippen molar-refractivity contribution in [1.82, 2.24) is 0 Å². The summed E-state index contributed by atoms with van der Waals surface area (Å²) in [4.78, 5) is 0.177. The average molecular weight is 364 g/mol. The molecule has 3 aromatic carbocycles. The number of hydrogen-bond acceptors (Lipinski definition) is 4. The maximum Gasteiger partial charge on any atom is 0.262 e. The first-order chi connectivity index (χ1) is 12.5. The molecule has 0 radical (unpaired) electrons. The highest BCUT2D eigenvalue weighted by Crippen LogP contribution is 2.31. The first-order valence-electron chi connectivity index (χ1n) is 7.84. The predicted octanol–water partition coefficient (Wildman–Crippen LogP) is 4.46. The molecule has 26 heavy (non-hydrogen) atoms. The lowest BCUT2D eigenvalue weighted by Crippen LogP contribution is -2.13. The Hall–Kier alpha value is -3.30. The molecule has 0 fully saturated rings. The van der Waals surface area contributed by atoms with Crippen molar-refractivity contribution in [2.75, 3.05) is 4.72 Å². The Morgan fingerprint density at radius 1 is 0.923 bits per heavy atom. The van der Waals surface area contributed by atoms with Gasteiger partial charge in [-0.1, -0.05) is 29.8 Å². The van der Waals surface area contributed by atoms with Crippen molar-refractivity contribution in [2.24, 2.45) is 0 Å². The molecule has 0 bridgehead atoms. The zero-order chi connectivity index (χ0) is 18.6. The number of rotatable bonds is 5. The molecule has 3 aromatic rings. The third-order valence-corrected chi connectivity index (χ3v) is 5.06. The zero-order valence-corrected chi connectivity index (χ0v) is 14.8. The van der Waals surface area contributed by atoms with Gasteiger partial charge in [0.05, 0.1) is 22.2 Å². The lowest BCUT2D eigenvalue weighted by atomic mass is 10.2. The molecule has 130 valence electrons. The first kappa shape index (κ1) is 17.5. The third kappa shape index (κ3) is 4.02. The van der Waals surface area contributed by atoms with E-state index in [0.29, 0.717) is 22.7 Å². The fraction of sp³-hybridized carbons (Fsp3) is 0.0500. The Morgan fingerprint density at radius 3 is 2.23 bits per heavy atom. The van der Waals surface area contributed by atoms with Gasteiger partial charge in [0.1, 0.15) is 5.75 Å². The van der Waals surface area contributed by atoms with E-state index >= 15 is 0 Å². The third-order valence-electron chi connectivity index (χ3n) is 3.67. The van der Waals surface area contributed by atoms with Crippen LogP contribution >= 0.6 is 0 Å². The second-order valence-electron chi connectivity index (χ2n) is 5.65. The quantitative estimate of drug-likeness (QED) is 0.725. The van der Waals surface area contributed by atoms with Crippen molar-refractivity contribution in [3.63, 3.8) is 0 Å². The molecule has 0 aromatic heterocycles. The highest BCUT2D eigenvalue weighted by atomic mass is 32.2. The molecule has 0 heterocycles. The molecule has 5 nitrogen and oxygen atoms in total. The van der Waals surface area contributed by atoms with E-state index in [0.717, 1.165) is 5.56 Å². The van der Waals surface area contributed by atoms with Crippen LogP contribution in [0, 0.1) is 18.3 Å². The standard InChI is InChI=1S/C20H16N2O3S/c1-15-6-12-18(13-7-15)26(23,24)22-19-4-2-3-5-20(19)25-17-10-8-16(14-21)9-11-17/h2-13,22H,1H3. The molecule has 3 rings (SSSR count). The molecule has 0 spiro atoms. The van der Waals surface area contributed by atoms with Crippen LogP contribution in [0.3, 0.4) is 0 Å². The van der Waals surface area contributed by atoms with Gasteiger partial charge in [-0.2, -0.15) is 5.26 Å². The lowest BCUT2D eigenvalue weighted by molar-refractivity contribution is 0.484. The second-order valence-corrected chi connectivity index (χ2v) is 7.34. The van der Waals surface area contributed by atoms with Crippen LogP contribution in [0.2, 0.25) is 0 Å². The summed E-state index contributed by atoms with van der Waals surface area (Å²) < 4.78 is 33.5. The number of anilines is 1. The average Bonchev–Trinajstić information content (AvgIpc) is 2.64. The lowest BCUT2D eigenvalue weighted by Gasteiger charge is -2.13. The van der Waals surface area contributed by atoms with Crippen molar-refractivity contribution in [1.29, 1.82) is 5.26 Å². The molecule has 0 amide bonds. The van der Waals surface area contributed by atoms with Crippen molar-refractivity contribution in [3.05, 3.63) is 83.9 Å². The summed E-state index contributed by atoms with van der Waals surface area (Å²) in [7, 11) is -3.73. The van der Waals surface area contributed by atoms with Crippen molar-refractivity contribution < 1.29 is 13.2 Å². The number of nitrogens with one attached hydrogen (secondary N) is 1. The molecule has 0 aliphatic rings. The van der Waals surface area contributed by atoms with Crippen LogP contribution in [-0.4, -0.2) is 8.42 Å². The maximum absolute atomic E-state index is 12.6. The zero-order valence-electron chi connectivity index (χ0n) is 14.0. The molecule has 0 saturated carbocycles. The van der Waals surface area contributed by atoms with Crippen molar-refractivity contribution in [3.8, 4) is 17.6 Å². The molecule has 1 N–H and O–H groups in total. The summed E-state index contributed by atoms with van der Waals surface area (Å²) in [5.74, 6) is 0.874. The summed E-state index contributed by atoms with van der Waals surface area (Å²) in [6, 6.07) is 22.0. The van der Waals surface area contributed by atoms with Gasteiger partial charge in [-0.05, 0) is 55.5 Å². The normalized spacial score (nSPS) is 10.8. The molecular weight excluding hydrogens is 348 g/mol. The topological polar surface area (TPSA) is 79.2 Å². The van der Waals surface area contributed by atoms with Gasteiger partial charge in [0, 0.05) is 0 Å². The fourth-order valence-electron chi connectivity index (χ4n) is 2.29. The van der Waals surface area contributed by atoms with Gasteiger partial charge in [0.15, 0.2) is 5.75 Å². The van der Waals surface area contributed by atoms with E-state index in [1.807, 2.05) is 13.0 Å². The molecule has 0 atom stereocenters. The number of nitriles is 1. The van der Waals surface area contributed by atoms with Crippen molar-refractivity contribution in [2.45, 2.75) is 11.8 Å². The largest absolute Gasteiger partial charge is 0.455 e. The van der Waals surface area contributed by atoms with E-state index < -0.39 is 10.0 Å². The fourth-order valence-corrected chi connectivity index (χ4v) is 3.36. The molecule has 6 heteroatoms. The molecular formula is C20H16N2O3S. The van der Waals surface area contributed by atoms with Gasteiger partial charge < -0.3 is 4.74 Å². The molecule has 0 aliphatic carbocycles. The Morgan fingerprint density at radius 2 is 1.58 bits per heavy atom. The minimum atomic E-state index is -3.73. The Balaban J connectivity index is 1.87. The summed E-state index contributed by atoms with van der Waals surface area (Å²) in [6.45, 7) is 1.89.